The first-order valence-electron chi connectivity index (χ1n) is 49.1. The van der Waals surface area contributed by atoms with E-state index in [1.54, 1.807) is 47.0 Å². The molecular weight excluding hydrogens is 1810 g/mol. The second-order valence-electron chi connectivity index (χ2n) is 37.4. The minimum absolute atomic E-state index is 0.0484. The van der Waals surface area contributed by atoms with Gasteiger partial charge in [-0.2, -0.15) is 0 Å². The number of fused-ring (bicyclic) bond motifs is 12. The largest absolute Gasteiger partial charge is 0.289 e. The van der Waals surface area contributed by atoms with E-state index < -0.39 is 57.1 Å². The van der Waals surface area contributed by atoms with E-state index in [1.165, 1.54) is 45.3 Å². The van der Waals surface area contributed by atoms with Gasteiger partial charge in [-0.05, 0) is 215 Å². The number of thiophene rings is 6. The molecule has 0 fully saturated rings. The smallest absolute Gasteiger partial charge is 0.270 e. The van der Waals surface area contributed by atoms with Crippen LogP contribution < -0.4 is 0 Å². The van der Waals surface area contributed by atoms with Crippen LogP contribution >= 0.6 is 68.0 Å². The third-order valence-electron chi connectivity index (χ3n) is 28.8. The Balaban J connectivity index is 1.07. The van der Waals surface area contributed by atoms with Crippen LogP contribution in [0.15, 0.2) is 168 Å². The van der Waals surface area contributed by atoms with Gasteiger partial charge < -0.3 is 0 Å². The van der Waals surface area contributed by atoms with Crippen LogP contribution in [-0.2, 0) is 49.4 Å². The van der Waals surface area contributed by atoms with Crippen LogP contribution in [0.2, 0.25) is 0 Å². The molecule has 0 bridgehead atoms. The molecule has 4 aliphatic carbocycles. The molecule has 0 N–H and O–H groups in total. The third-order valence-corrected chi connectivity index (χ3v) is 36.0. The lowest BCUT2D eigenvalue weighted by atomic mass is 9.66. The van der Waals surface area contributed by atoms with Crippen molar-refractivity contribution in [3.63, 3.8) is 0 Å². The van der Waals surface area contributed by atoms with Crippen LogP contribution in [-0.4, -0.2) is 11.6 Å². The number of nitrogens with zero attached hydrogens (tertiary/aromatic N) is 4. The lowest BCUT2D eigenvalue weighted by Crippen LogP contribution is -2.29. The van der Waals surface area contributed by atoms with E-state index in [2.05, 4.69) is 174 Å². The van der Waals surface area contributed by atoms with Gasteiger partial charge >= 0.3 is 0 Å². The molecule has 18 heteroatoms. The number of allylic oxidation sites excluding steroid dienone is 6. The van der Waals surface area contributed by atoms with Gasteiger partial charge in [-0.25, -0.2) is 46.6 Å². The maximum absolute atomic E-state index is 18.8. The minimum Gasteiger partial charge on any atom is -0.289 e. The molecule has 0 amide bonds. The van der Waals surface area contributed by atoms with E-state index in [-0.39, 0.29) is 68.0 Å². The zero-order chi connectivity index (χ0) is 95.4. The minimum atomic E-state index is -1.28. The number of halogens is 6. The molecule has 17 rings (SSSR count). The molecule has 0 spiro atoms. The molecule has 6 aromatic heterocycles. The van der Waals surface area contributed by atoms with Crippen molar-refractivity contribution in [1.82, 2.24) is 0 Å². The van der Waals surface area contributed by atoms with Crippen molar-refractivity contribution in [3.05, 3.63) is 334 Å². The fourth-order valence-corrected chi connectivity index (χ4v) is 29.6. The molecule has 0 saturated carbocycles. The molecule has 0 radical (unpaired) electrons. The molecule has 0 aliphatic heterocycles. The predicted molar refractivity (Wildman–Crippen MR) is 555 cm³/mol. The summed E-state index contributed by atoms with van der Waals surface area (Å²) in [5, 5.41) is 23.3. The van der Waals surface area contributed by atoms with Crippen molar-refractivity contribution in [1.29, 1.82) is 10.5 Å². The van der Waals surface area contributed by atoms with Crippen LogP contribution in [0.1, 0.15) is 328 Å². The second-order valence-corrected chi connectivity index (χ2v) is 43.9. The van der Waals surface area contributed by atoms with Gasteiger partial charge in [0.15, 0.2) is 34.8 Å². The first-order chi connectivity index (χ1) is 66.2. The standard InChI is InChI=1S/C118H112F6N4O2S6/c1-11-19-25-29-35-71-39-47-75(48-40-71)117(76-49-41-72(42-50-76)36-30-26-20-12-2)87-59-79(57-85-101(95(67-125)127-9)81-61-89(119)91(121)63-83(81)109(85)129)131-111(87)115-107(117)105-103(99-65-93(123)97(133-99)55-69(17-7)33-23-15-5)114-106(104(113(105)135-115)100-66-94(124)98(134-100)56-70(18-8)34-24-16-6)108-116(136-114)112-88(60-80(132-112)58-86-102(96(68-126)128-10)82-62-90(120)92(122)64-84(82)110(86)130)118(108,77-51-43-73(44-52-77)37-31-27-21-13-3)78-53-45-74(46-54-78)38-32-28-22-14-4/h39-54,57-66,69-70H,11-38,55-56H2,1-8H3/b85-57-,86-58-,101-95-,102-96+. The summed E-state index contributed by atoms with van der Waals surface area (Å²) in [5.74, 6) is -6.54. The Morgan fingerprint density at radius 1 is 0.375 bits per heavy atom. The number of hydrogen-bond acceptors (Lipinski definition) is 10. The number of hydrogen-bond donors (Lipinski definition) is 0. The lowest BCUT2D eigenvalue weighted by molar-refractivity contribution is 0.103. The Bertz CT molecular complexity index is 6520. The zero-order valence-electron chi connectivity index (χ0n) is 78.7. The monoisotopic (exact) mass is 1920 g/mol. The van der Waals surface area contributed by atoms with Gasteiger partial charge in [0.05, 0.1) is 55.6 Å². The maximum atomic E-state index is 18.8. The number of aryl methyl sites for hydroxylation is 4. The number of ketones is 2. The van der Waals surface area contributed by atoms with Crippen molar-refractivity contribution in [2.24, 2.45) is 11.8 Å². The first kappa shape index (κ1) is 96.8. The van der Waals surface area contributed by atoms with E-state index in [0.29, 0.717) is 42.1 Å². The summed E-state index contributed by atoms with van der Waals surface area (Å²) in [5.41, 5.74) is 9.46. The summed E-state index contributed by atoms with van der Waals surface area (Å²) >= 11 is 9.17. The van der Waals surface area contributed by atoms with Crippen LogP contribution in [0.3, 0.4) is 0 Å². The zero-order valence-corrected chi connectivity index (χ0v) is 83.6. The van der Waals surface area contributed by atoms with Crippen molar-refractivity contribution < 1.29 is 35.9 Å². The van der Waals surface area contributed by atoms with Crippen LogP contribution in [0.4, 0.5) is 26.3 Å². The number of carbonyl (C=O) groups excluding carboxylic acids is 2. The average Bonchev–Trinajstić information content (AvgIpc) is 1.48. The lowest BCUT2D eigenvalue weighted by Gasteiger charge is -2.35. The first-order valence-corrected chi connectivity index (χ1v) is 54.0. The molecule has 136 heavy (non-hydrogen) atoms. The number of Topliss-reactive ketones (excluding diaryl/α,β-unsaturated/α-hetero) is 2. The predicted octanol–water partition coefficient (Wildman–Crippen LogP) is 36.1. The molecule has 2 atom stereocenters. The van der Waals surface area contributed by atoms with Crippen LogP contribution in [0, 0.1) is 82.5 Å². The molecule has 0 saturated heterocycles. The van der Waals surface area contributed by atoms with E-state index in [0.717, 1.165) is 322 Å². The third kappa shape index (κ3) is 17.8. The highest BCUT2D eigenvalue weighted by atomic mass is 32.1. The summed E-state index contributed by atoms with van der Waals surface area (Å²) in [4.78, 5) is 45.2. The molecule has 6 heterocycles. The van der Waals surface area contributed by atoms with Crippen molar-refractivity contribution in [3.8, 4) is 52.5 Å². The van der Waals surface area contributed by atoms with E-state index in [1.807, 2.05) is 12.1 Å². The van der Waals surface area contributed by atoms with Crippen LogP contribution in [0.5, 0.6) is 0 Å². The normalized spacial score (nSPS) is 15.5. The van der Waals surface area contributed by atoms with Gasteiger partial charge in [-0.3, -0.25) is 9.59 Å². The SMILES string of the molecule is [C-]#[N+]/C(C#N)=C1\C(=C\c2cc3c(s2)-c2sc4c(-c5cc(F)c(CC(CC)CCCC)s5)c5c6c(sc5c(-c5cc(F)c(CC(CC)CCCC)s5)c4c2C3(c2ccc(CCCCCC)cc2)c2ccc(CCCCCC)cc2)-c2sc(/C=C3\C(=O)c4cc(F)c(F)cc4\C3=C(\C#N)[N+]#[C-])cc2C6(c2ccc(CCCCCC)cc2)c2ccc(CCCCCC)cc2)C(=O)c2cc(F)c(F)cc21. The number of benzene rings is 7. The highest BCUT2D eigenvalue weighted by Gasteiger charge is 2.55. The molecule has 7 aromatic carbocycles. The van der Waals surface area contributed by atoms with E-state index >= 15 is 35.9 Å². The quantitative estimate of drug-likeness (QED) is 0.0126. The van der Waals surface area contributed by atoms with Gasteiger partial charge in [-0.15, -0.1) is 68.0 Å². The number of nitriles is 2. The van der Waals surface area contributed by atoms with Crippen molar-refractivity contribution >= 4 is 123 Å². The highest BCUT2D eigenvalue weighted by Crippen LogP contribution is 2.71. The topological polar surface area (TPSA) is 90.4 Å². The molecule has 6 nitrogen and oxygen atoms in total. The molecule has 2 unspecified atom stereocenters. The Morgan fingerprint density at radius 3 is 0.971 bits per heavy atom. The van der Waals surface area contributed by atoms with Gasteiger partial charge in [0.25, 0.3) is 11.4 Å². The molecule has 694 valence electrons. The summed E-state index contributed by atoms with van der Waals surface area (Å²) in [7, 11) is 0. The van der Waals surface area contributed by atoms with E-state index in [9.17, 15) is 10.5 Å². The Morgan fingerprint density at radius 2 is 0.684 bits per heavy atom. The van der Waals surface area contributed by atoms with Crippen molar-refractivity contribution in [2.45, 2.75) is 259 Å². The summed E-state index contributed by atoms with van der Waals surface area (Å²) in [6, 6.07) is 51.6. The van der Waals surface area contributed by atoms with Gasteiger partial charge in [-0.1, -0.05) is 281 Å². The Labute approximate surface area is 820 Å². The van der Waals surface area contributed by atoms with E-state index in [4.69, 9.17) is 13.1 Å². The second kappa shape index (κ2) is 42.2. The number of unbranched alkanes of at least 4 members (excludes halogenated alkanes) is 14. The summed E-state index contributed by atoms with van der Waals surface area (Å²) in [6.45, 7) is 34.4. The van der Waals surface area contributed by atoms with Gasteiger partial charge in [0, 0.05) is 94.0 Å². The molecule has 13 aromatic rings. The molecule has 4 aliphatic rings. The summed E-state index contributed by atoms with van der Waals surface area (Å²) in [6.07, 6.45) is 32.2. The number of carbonyl (C=O) groups is 2. The van der Waals surface area contributed by atoms with Crippen LogP contribution in [0.25, 0.3) is 93.6 Å². The number of rotatable bonds is 40. The summed E-state index contributed by atoms with van der Waals surface area (Å²) < 4.78 is 102. The fraction of sp³-hybridized carbons (Fsp3) is 0.356. The fourth-order valence-electron chi connectivity index (χ4n) is 21.6. The molecular formula is C118H112F6N4O2S6. The maximum Gasteiger partial charge on any atom is 0.270 e. The van der Waals surface area contributed by atoms with Crippen molar-refractivity contribution in [2.75, 3.05) is 0 Å². The average molecular weight is 1920 g/mol. The van der Waals surface area contributed by atoms with Gasteiger partial charge in [0.2, 0.25) is 0 Å². The Hall–Kier alpha value is -10.9. The Kier molecular flexibility index (Phi) is 30.0. The highest BCUT2D eigenvalue weighted by molar-refractivity contribution is 7.30. The van der Waals surface area contributed by atoms with Gasteiger partial charge in [0.1, 0.15) is 11.6 Å².